The average molecular weight is 404 g/mol. The van der Waals surface area contributed by atoms with Gasteiger partial charge in [-0.05, 0) is 31.5 Å². The molecule has 2 aliphatic heterocycles. The first-order valence-electron chi connectivity index (χ1n) is 9.21. The smallest absolute Gasteiger partial charge is 0.338 e. The third-order valence-corrected chi connectivity index (χ3v) is 5.52. The van der Waals surface area contributed by atoms with Crippen LogP contribution in [0.5, 0.6) is 11.5 Å². The molecule has 3 rings (SSSR count). The highest BCUT2D eigenvalue weighted by Crippen LogP contribution is 2.45. The minimum absolute atomic E-state index is 0.101. The lowest BCUT2D eigenvalue weighted by Crippen LogP contribution is -2.40. The van der Waals surface area contributed by atoms with Gasteiger partial charge in [-0.1, -0.05) is 25.1 Å². The van der Waals surface area contributed by atoms with Crippen molar-refractivity contribution in [1.29, 1.82) is 0 Å². The number of hydrogen-bond acceptors (Lipinski definition) is 7. The summed E-state index contributed by atoms with van der Waals surface area (Å²) >= 11 is 1.38. The van der Waals surface area contributed by atoms with E-state index in [2.05, 4.69) is 4.99 Å². The molecule has 0 radical (unpaired) electrons. The Morgan fingerprint density at radius 3 is 2.71 bits per heavy atom. The van der Waals surface area contributed by atoms with Gasteiger partial charge in [-0.2, -0.15) is 0 Å². The fourth-order valence-electron chi connectivity index (χ4n) is 3.39. The Morgan fingerprint density at radius 1 is 1.29 bits per heavy atom. The molecule has 0 aromatic heterocycles. The van der Waals surface area contributed by atoms with E-state index in [1.807, 2.05) is 6.92 Å². The normalized spacial score (nSPS) is 18.7. The number of nitrogens with zero attached hydrogens (tertiary/aromatic N) is 2. The van der Waals surface area contributed by atoms with Crippen molar-refractivity contribution >= 4 is 28.8 Å². The van der Waals surface area contributed by atoms with Crippen LogP contribution in [0.3, 0.4) is 0 Å². The van der Waals surface area contributed by atoms with Gasteiger partial charge in [0, 0.05) is 5.56 Å². The van der Waals surface area contributed by atoms with Gasteiger partial charge in [-0.3, -0.25) is 9.69 Å². The molecular formula is C20H24N2O5S. The Labute approximate surface area is 168 Å². The Balaban J connectivity index is 2.25. The predicted octanol–water partition coefficient (Wildman–Crippen LogP) is 3.31. The Kier molecular flexibility index (Phi) is 6.28. The molecule has 1 amide bonds. The summed E-state index contributed by atoms with van der Waals surface area (Å²) in [6.07, 6.45) is 1.43. The van der Waals surface area contributed by atoms with Gasteiger partial charge in [0.2, 0.25) is 5.91 Å². The second-order valence-electron chi connectivity index (χ2n) is 6.29. The van der Waals surface area contributed by atoms with Crippen LogP contribution in [0.2, 0.25) is 0 Å². The summed E-state index contributed by atoms with van der Waals surface area (Å²) in [6.45, 7) is 4.02. The van der Waals surface area contributed by atoms with E-state index in [0.29, 0.717) is 39.9 Å². The Morgan fingerprint density at radius 2 is 2.07 bits per heavy atom. The van der Waals surface area contributed by atoms with E-state index in [1.54, 1.807) is 44.2 Å². The van der Waals surface area contributed by atoms with Crippen molar-refractivity contribution in [3.05, 3.63) is 35.0 Å². The van der Waals surface area contributed by atoms with Crippen molar-refractivity contribution < 1.29 is 23.8 Å². The molecule has 0 unspecified atom stereocenters. The van der Waals surface area contributed by atoms with Crippen molar-refractivity contribution in [3.63, 3.8) is 0 Å². The van der Waals surface area contributed by atoms with Gasteiger partial charge in [-0.15, -0.1) is 0 Å². The fourth-order valence-corrected chi connectivity index (χ4v) is 4.30. The SMILES string of the molecule is CCCC1=C(C(=O)OCC)[C@@H](c2cc(OC)ccc2OC)N2C(=O)CSC2=N1. The minimum atomic E-state index is -0.666. The number of amidine groups is 1. The van der Waals surface area contributed by atoms with E-state index in [1.165, 1.54) is 11.8 Å². The first-order chi connectivity index (χ1) is 13.5. The predicted molar refractivity (Wildman–Crippen MR) is 108 cm³/mol. The monoisotopic (exact) mass is 404 g/mol. The van der Waals surface area contributed by atoms with Crippen molar-refractivity contribution in [1.82, 2.24) is 4.90 Å². The first-order valence-corrected chi connectivity index (χ1v) is 10.2. The molecule has 1 aromatic carbocycles. The highest BCUT2D eigenvalue weighted by atomic mass is 32.2. The molecule has 2 heterocycles. The van der Waals surface area contributed by atoms with E-state index in [4.69, 9.17) is 14.2 Å². The highest BCUT2D eigenvalue weighted by Gasteiger charge is 2.45. The number of thioether (sulfide) groups is 1. The number of fused-ring (bicyclic) bond motifs is 1. The van der Waals surface area contributed by atoms with Crippen LogP contribution in [0, 0.1) is 0 Å². The third-order valence-electron chi connectivity index (χ3n) is 4.59. The van der Waals surface area contributed by atoms with Crippen LogP contribution in [0.1, 0.15) is 38.3 Å². The van der Waals surface area contributed by atoms with Gasteiger partial charge in [0.05, 0.1) is 37.8 Å². The second kappa shape index (κ2) is 8.68. The summed E-state index contributed by atoms with van der Waals surface area (Å²) in [5, 5.41) is 0.608. The zero-order valence-corrected chi connectivity index (χ0v) is 17.3. The van der Waals surface area contributed by atoms with E-state index in [0.717, 1.165) is 6.42 Å². The van der Waals surface area contributed by atoms with Crippen molar-refractivity contribution in [2.24, 2.45) is 4.99 Å². The highest BCUT2D eigenvalue weighted by molar-refractivity contribution is 8.15. The standard InChI is InChI=1S/C20H24N2O5S/c1-5-7-14-17(19(24)27-6-2)18(22-16(23)11-28-20(22)21-14)13-10-12(25-3)8-9-15(13)26-4/h8-10,18H,5-7,11H2,1-4H3/t18-/m1/s1. The molecule has 1 saturated heterocycles. The van der Waals surface area contributed by atoms with Gasteiger partial charge in [0.15, 0.2) is 5.17 Å². The Hall–Kier alpha value is -2.48. The number of allylic oxidation sites excluding steroid dienone is 1. The van der Waals surface area contributed by atoms with E-state index < -0.39 is 12.0 Å². The Bertz CT molecular complexity index is 849. The lowest BCUT2D eigenvalue weighted by atomic mass is 9.92. The van der Waals surface area contributed by atoms with E-state index >= 15 is 0 Å². The number of methoxy groups -OCH3 is 2. The average Bonchev–Trinajstić information content (AvgIpc) is 3.07. The molecule has 0 saturated carbocycles. The minimum Gasteiger partial charge on any atom is -0.497 e. The van der Waals surface area contributed by atoms with Crippen LogP contribution in [-0.4, -0.2) is 48.5 Å². The fraction of sp³-hybridized carbons (Fsp3) is 0.450. The number of carbonyl (C=O) groups excluding carboxylic acids is 2. The van der Waals surface area contributed by atoms with Crippen LogP contribution in [-0.2, 0) is 14.3 Å². The molecule has 0 aliphatic carbocycles. The number of benzene rings is 1. The summed E-state index contributed by atoms with van der Waals surface area (Å²) in [7, 11) is 3.13. The number of rotatable bonds is 7. The van der Waals surface area contributed by atoms with Crippen LogP contribution in [0.4, 0.5) is 0 Å². The van der Waals surface area contributed by atoms with Gasteiger partial charge >= 0.3 is 5.97 Å². The van der Waals surface area contributed by atoms with Gasteiger partial charge in [-0.25, -0.2) is 9.79 Å². The molecule has 8 heteroatoms. The van der Waals surface area contributed by atoms with Crippen LogP contribution < -0.4 is 9.47 Å². The maximum Gasteiger partial charge on any atom is 0.338 e. The summed E-state index contributed by atoms with van der Waals surface area (Å²) in [6, 6.07) is 4.68. The molecule has 28 heavy (non-hydrogen) atoms. The number of esters is 1. The van der Waals surface area contributed by atoms with Crippen LogP contribution >= 0.6 is 11.8 Å². The second-order valence-corrected chi connectivity index (χ2v) is 7.23. The first kappa shape index (κ1) is 20.3. The molecule has 0 bridgehead atoms. The van der Waals surface area contributed by atoms with Crippen LogP contribution in [0.15, 0.2) is 34.5 Å². The zero-order chi connectivity index (χ0) is 20.3. The quantitative estimate of drug-likeness (QED) is 0.649. The number of ether oxygens (including phenoxy) is 3. The van der Waals surface area contributed by atoms with Crippen LogP contribution in [0.25, 0.3) is 0 Å². The third kappa shape index (κ3) is 3.61. The zero-order valence-electron chi connectivity index (χ0n) is 16.5. The molecule has 0 spiro atoms. The maximum absolute atomic E-state index is 13.0. The van der Waals surface area contributed by atoms with Crippen molar-refractivity contribution in [2.45, 2.75) is 32.7 Å². The number of amides is 1. The topological polar surface area (TPSA) is 77.4 Å². The summed E-state index contributed by atoms with van der Waals surface area (Å²) < 4.78 is 16.3. The molecule has 1 aromatic rings. The molecule has 2 aliphatic rings. The lowest BCUT2D eigenvalue weighted by Gasteiger charge is -2.34. The summed E-state index contributed by atoms with van der Waals surface area (Å²) in [4.78, 5) is 31.9. The number of carbonyl (C=O) groups is 2. The van der Waals surface area contributed by atoms with Gasteiger partial charge in [0.25, 0.3) is 0 Å². The van der Waals surface area contributed by atoms with Gasteiger partial charge < -0.3 is 14.2 Å². The largest absolute Gasteiger partial charge is 0.497 e. The lowest BCUT2D eigenvalue weighted by molar-refractivity contribution is -0.139. The molecular weight excluding hydrogens is 380 g/mol. The summed E-state index contributed by atoms with van der Waals surface area (Å²) in [5.74, 6) is 0.898. The van der Waals surface area contributed by atoms with Crippen molar-refractivity contribution in [3.8, 4) is 11.5 Å². The summed E-state index contributed by atoms with van der Waals surface area (Å²) in [5.41, 5.74) is 1.71. The van der Waals surface area contributed by atoms with Crippen molar-refractivity contribution in [2.75, 3.05) is 26.6 Å². The maximum atomic E-state index is 13.0. The molecule has 1 fully saturated rings. The van der Waals surface area contributed by atoms with E-state index in [9.17, 15) is 9.59 Å². The van der Waals surface area contributed by atoms with Gasteiger partial charge in [0.1, 0.15) is 17.5 Å². The number of hydrogen-bond donors (Lipinski definition) is 0. The molecule has 1 atom stereocenters. The number of aliphatic imine (C=N–C) groups is 1. The molecule has 150 valence electrons. The molecule has 7 nitrogen and oxygen atoms in total. The molecule has 0 N–H and O–H groups in total. The van der Waals surface area contributed by atoms with E-state index in [-0.39, 0.29) is 18.3 Å².